The number of hydrogen-bond donors (Lipinski definition) is 1. The van der Waals surface area contributed by atoms with Crippen LogP contribution in [0.3, 0.4) is 0 Å². The quantitative estimate of drug-likeness (QED) is 0.670. The Kier molecular flexibility index (Phi) is 3.93. The van der Waals surface area contributed by atoms with E-state index in [0.717, 1.165) is 12.0 Å². The van der Waals surface area contributed by atoms with Gasteiger partial charge in [0.25, 0.3) is 0 Å². The topological polar surface area (TPSA) is 26.0 Å². The summed E-state index contributed by atoms with van der Waals surface area (Å²) in [7, 11) is 0. The zero-order valence-electron chi connectivity index (χ0n) is 7.76. The lowest BCUT2D eigenvalue weighted by Crippen LogP contribution is -2.11. The van der Waals surface area contributed by atoms with Crippen molar-refractivity contribution in [2.75, 3.05) is 0 Å². The van der Waals surface area contributed by atoms with E-state index in [2.05, 4.69) is 41.3 Å². The van der Waals surface area contributed by atoms with Gasteiger partial charge in [0.15, 0.2) is 0 Å². The third-order valence-electron chi connectivity index (χ3n) is 1.87. The highest BCUT2D eigenvalue weighted by atomic mass is 127. The number of nitrogens with two attached hydrogens (primary N) is 1. The smallest absolute Gasteiger partial charge is 0.0342 e. The molecule has 0 aliphatic carbocycles. The van der Waals surface area contributed by atoms with E-state index >= 15 is 0 Å². The standard InChI is InChI=1S/C11H14IN/c1-8(2)7-11(13)9-5-3-4-6-10(9)12/h3-6,11H,1,7,13H2,2H3/t11-/m0/s1. The minimum absolute atomic E-state index is 0.0885. The fourth-order valence-electron chi connectivity index (χ4n) is 1.26. The van der Waals surface area contributed by atoms with Crippen LogP contribution in [0.5, 0.6) is 0 Å². The lowest BCUT2D eigenvalue weighted by atomic mass is 10.0. The Morgan fingerprint density at radius 3 is 2.69 bits per heavy atom. The maximum absolute atomic E-state index is 6.03. The Morgan fingerprint density at radius 1 is 1.54 bits per heavy atom. The summed E-state index contributed by atoms with van der Waals surface area (Å²) in [5, 5.41) is 0. The van der Waals surface area contributed by atoms with Gasteiger partial charge in [-0.2, -0.15) is 0 Å². The van der Waals surface area contributed by atoms with Gasteiger partial charge >= 0.3 is 0 Å². The van der Waals surface area contributed by atoms with E-state index in [4.69, 9.17) is 5.73 Å². The van der Waals surface area contributed by atoms with E-state index in [-0.39, 0.29) is 6.04 Å². The lowest BCUT2D eigenvalue weighted by molar-refractivity contribution is 0.713. The fraction of sp³-hybridized carbons (Fsp3) is 0.273. The molecule has 1 aromatic rings. The van der Waals surface area contributed by atoms with Gasteiger partial charge in [-0.1, -0.05) is 23.8 Å². The highest BCUT2D eigenvalue weighted by Gasteiger charge is 2.08. The van der Waals surface area contributed by atoms with Gasteiger partial charge in [0.2, 0.25) is 0 Å². The summed E-state index contributed by atoms with van der Waals surface area (Å²) in [6.45, 7) is 5.88. The van der Waals surface area contributed by atoms with Crippen molar-refractivity contribution in [1.29, 1.82) is 0 Å². The van der Waals surface area contributed by atoms with E-state index in [0.29, 0.717) is 0 Å². The monoisotopic (exact) mass is 287 g/mol. The molecular weight excluding hydrogens is 273 g/mol. The summed E-state index contributed by atoms with van der Waals surface area (Å²) in [6.07, 6.45) is 0.861. The molecule has 70 valence electrons. The summed E-state index contributed by atoms with van der Waals surface area (Å²) < 4.78 is 1.23. The fourth-order valence-corrected chi connectivity index (χ4v) is 2.05. The third kappa shape index (κ3) is 3.12. The SMILES string of the molecule is C=C(C)C[C@H](N)c1ccccc1I. The van der Waals surface area contributed by atoms with Crippen molar-refractivity contribution < 1.29 is 0 Å². The average molecular weight is 287 g/mol. The highest BCUT2D eigenvalue weighted by molar-refractivity contribution is 14.1. The van der Waals surface area contributed by atoms with E-state index in [1.807, 2.05) is 19.1 Å². The number of halogens is 1. The van der Waals surface area contributed by atoms with E-state index < -0.39 is 0 Å². The van der Waals surface area contributed by atoms with Gasteiger partial charge in [-0.3, -0.25) is 0 Å². The first-order valence-corrected chi connectivity index (χ1v) is 5.33. The predicted molar refractivity (Wildman–Crippen MR) is 65.5 cm³/mol. The normalized spacial score (nSPS) is 12.5. The molecule has 0 spiro atoms. The molecule has 13 heavy (non-hydrogen) atoms. The molecule has 0 aliphatic rings. The molecule has 1 atom stereocenters. The van der Waals surface area contributed by atoms with Crippen LogP contribution in [0.15, 0.2) is 36.4 Å². The molecule has 0 saturated heterocycles. The summed E-state index contributed by atoms with van der Waals surface area (Å²) in [4.78, 5) is 0. The number of benzene rings is 1. The Balaban J connectivity index is 2.82. The molecule has 1 rings (SSSR count). The summed E-state index contributed by atoms with van der Waals surface area (Å²) in [6, 6.07) is 8.29. The maximum atomic E-state index is 6.03. The van der Waals surface area contributed by atoms with Crippen molar-refractivity contribution in [2.45, 2.75) is 19.4 Å². The first kappa shape index (κ1) is 10.7. The predicted octanol–water partition coefficient (Wildman–Crippen LogP) is 3.26. The molecule has 2 N–H and O–H groups in total. The van der Waals surface area contributed by atoms with Gasteiger partial charge in [0.05, 0.1) is 0 Å². The van der Waals surface area contributed by atoms with Crippen LogP contribution in [0, 0.1) is 3.57 Å². The lowest BCUT2D eigenvalue weighted by Gasteiger charge is -2.13. The van der Waals surface area contributed by atoms with E-state index in [1.54, 1.807) is 0 Å². The molecule has 1 nitrogen and oxygen atoms in total. The molecule has 0 heterocycles. The van der Waals surface area contributed by atoms with Crippen LogP contribution in [0.2, 0.25) is 0 Å². The molecule has 0 saturated carbocycles. The molecule has 0 fully saturated rings. The summed E-state index contributed by atoms with van der Waals surface area (Å²) in [5.41, 5.74) is 8.38. The second-order valence-electron chi connectivity index (χ2n) is 3.29. The van der Waals surface area contributed by atoms with Crippen molar-refractivity contribution in [3.63, 3.8) is 0 Å². The van der Waals surface area contributed by atoms with Crippen molar-refractivity contribution >= 4 is 22.6 Å². The zero-order valence-corrected chi connectivity index (χ0v) is 9.91. The molecule has 0 aliphatic heterocycles. The van der Waals surface area contributed by atoms with E-state index in [1.165, 1.54) is 9.13 Å². The van der Waals surface area contributed by atoms with Crippen LogP contribution in [0.4, 0.5) is 0 Å². The highest BCUT2D eigenvalue weighted by Crippen LogP contribution is 2.22. The molecular formula is C11H14IN. The molecule has 2 heteroatoms. The van der Waals surface area contributed by atoms with E-state index in [9.17, 15) is 0 Å². The zero-order chi connectivity index (χ0) is 9.84. The largest absolute Gasteiger partial charge is 0.324 e. The Morgan fingerprint density at radius 2 is 2.15 bits per heavy atom. The van der Waals surface area contributed by atoms with Crippen LogP contribution in [-0.2, 0) is 0 Å². The van der Waals surface area contributed by atoms with Crippen LogP contribution in [0.25, 0.3) is 0 Å². The first-order chi connectivity index (χ1) is 6.11. The van der Waals surface area contributed by atoms with Gasteiger partial charge in [0.1, 0.15) is 0 Å². The van der Waals surface area contributed by atoms with Crippen LogP contribution >= 0.6 is 22.6 Å². The van der Waals surface area contributed by atoms with Gasteiger partial charge in [-0.15, -0.1) is 6.58 Å². The molecule has 0 radical (unpaired) electrons. The Hall–Kier alpha value is -0.350. The van der Waals surface area contributed by atoms with Crippen molar-refractivity contribution in [3.05, 3.63) is 45.6 Å². The second kappa shape index (κ2) is 4.77. The van der Waals surface area contributed by atoms with Gasteiger partial charge in [0, 0.05) is 9.61 Å². The van der Waals surface area contributed by atoms with Gasteiger partial charge in [-0.25, -0.2) is 0 Å². The van der Waals surface area contributed by atoms with Gasteiger partial charge in [-0.05, 0) is 47.6 Å². The summed E-state index contributed by atoms with van der Waals surface area (Å²) >= 11 is 2.31. The molecule has 0 amide bonds. The van der Waals surface area contributed by atoms with Crippen molar-refractivity contribution in [2.24, 2.45) is 5.73 Å². The maximum Gasteiger partial charge on any atom is 0.0342 e. The Bertz CT molecular complexity index is 307. The van der Waals surface area contributed by atoms with Crippen LogP contribution in [-0.4, -0.2) is 0 Å². The Labute approximate surface area is 93.2 Å². The second-order valence-corrected chi connectivity index (χ2v) is 4.45. The molecule has 0 bridgehead atoms. The van der Waals surface area contributed by atoms with Gasteiger partial charge < -0.3 is 5.73 Å². The molecule has 0 aromatic heterocycles. The number of hydrogen-bond acceptors (Lipinski definition) is 1. The average Bonchev–Trinajstić information content (AvgIpc) is 2.03. The van der Waals surface area contributed by atoms with Crippen LogP contribution in [0.1, 0.15) is 24.9 Å². The minimum atomic E-state index is 0.0885. The van der Waals surface area contributed by atoms with Crippen molar-refractivity contribution in [3.8, 4) is 0 Å². The van der Waals surface area contributed by atoms with Crippen LogP contribution < -0.4 is 5.73 Å². The molecule has 0 unspecified atom stereocenters. The third-order valence-corrected chi connectivity index (χ3v) is 2.86. The summed E-state index contributed by atoms with van der Waals surface area (Å²) in [5.74, 6) is 0. The minimum Gasteiger partial charge on any atom is -0.324 e. The molecule has 1 aromatic carbocycles. The first-order valence-electron chi connectivity index (χ1n) is 4.25. The number of rotatable bonds is 3. The van der Waals surface area contributed by atoms with Crippen molar-refractivity contribution in [1.82, 2.24) is 0 Å².